The number of carbonyl (C=O) groups is 1. The van der Waals surface area contributed by atoms with Crippen molar-refractivity contribution < 1.29 is 9.72 Å². The second kappa shape index (κ2) is 5.47. The van der Waals surface area contributed by atoms with E-state index in [0.29, 0.717) is 5.39 Å². The standard InChI is InChI=1S/C15H15N3O3/c19-10-11-3-1-2-8-17(11)14-4-5-15(18(20)21)12-6-7-16-9-13(12)14/h4-7,9-11H,1-3,8H2. The maximum absolute atomic E-state index is 11.3. The van der Waals surface area contributed by atoms with Gasteiger partial charge in [-0.1, -0.05) is 0 Å². The second-order valence-corrected chi connectivity index (χ2v) is 5.17. The Hall–Kier alpha value is -2.50. The number of pyridine rings is 1. The zero-order valence-electron chi connectivity index (χ0n) is 11.4. The molecule has 1 aliphatic heterocycles. The summed E-state index contributed by atoms with van der Waals surface area (Å²) in [5.74, 6) is 0. The summed E-state index contributed by atoms with van der Waals surface area (Å²) in [4.78, 5) is 28.2. The van der Waals surface area contributed by atoms with Crippen molar-refractivity contribution >= 4 is 28.4 Å². The van der Waals surface area contributed by atoms with Crippen LogP contribution in [0.4, 0.5) is 11.4 Å². The van der Waals surface area contributed by atoms with E-state index in [1.807, 2.05) is 4.90 Å². The highest BCUT2D eigenvalue weighted by Crippen LogP contribution is 2.35. The first kappa shape index (κ1) is 13.5. The Kier molecular flexibility index (Phi) is 3.51. The largest absolute Gasteiger partial charge is 0.361 e. The summed E-state index contributed by atoms with van der Waals surface area (Å²) < 4.78 is 0. The SMILES string of the molecule is O=CC1CCCCN1c1ccc([N+](=O)[O-])c2ccncc12. The molecule has 1 atom stereocenters. The van der Waals surface area contributed by atoms with E-state index >= 15 is 0 Å². The zero-order chi connectivity index (χ0) is 14.8. The number of hydrogen-bond donors (Lipinski definition) is 0. The maximum Gasteiger partial charge on any atom is 0.277 e. The summed E-state index contributed by atoms with van der Waals surface area (Å²) in [5, 5.41) is 12.4. The second-order valence-electron chi connectivity index (χ2n) is 5.17. The molecule has 6 nitrogen and oxygen atoms in total. The number of aldehydes is 1. The number of carbonyl (C=O) groups excluding carboxylic acids is 1. The van der Waals surface area contributed by atoms with Gasteiger partial charge in [-0.05, 0) is 31.4 Å². The Morgan fingerprint density at radius 3 is 2.90 bits per heavy atom. The van der Waals surface area contributed by atoms with E-state index in [2.05, 4.69) is 4.98 Å². The lowest BCUT2D eigenvalue weighted by Gasteiger charge is -2.34. The van der Waals surface area contributed by atoms with E-state index in [0.717, 1.165) is 43.2 Å². The Morgan fingerprint density at radius 1 is 1.29 bits per heavy atom. The fourth-order valence-corrected chi connectivity index (χ4v) is 2.97. The molecule has 0 aliphatic carbocycles. The summed E-state index contributed by atoms with van der Waals surface area (Å²) in [6.07, 6.45) is 7.01. The number of aromatic nitrogens is 1. The molecule has 1 fully saturated rings. The summed E-state index contributed by atoms with van der Waals surface area (Å²) in [7, 11) is 0. The molecule has 1 aromatic carbocycles. The highest BCUT2D eigenvalue weighted by molar-refractivity contribution is 6.00. The van der Waals surface area contributed by atoms with Crippen LogP contribution in [0.1, 0.15) is 19.3 Å². The highest BCUT2D eigenvalue weighted by Gasteiger charge is 2.25. The van der Waals surface area contributed by atoms with Gasteiger partial charge in [-0.15, -0.1) is 0 Å². The average Bonchev–Trinajstić information content (AvgIpc) is 2.53. The summed E-state index contributed by atoms with van der Waals surface area (Å²) in [5.41, 5.74) is 0.913. The van der Waals surface area contributed by atoms with Gasteiger partial charge in [-0.2, -0.15) is 0 Å². The van der Waals surface area contributed by atoms with Crippen LogP contribution in [-0.4, -0.2) is 28.8 Å². The van der Waals surface area contributed by atoms with E-state index in [4.69, 9.17) is 0 Å². The molecule has 0 radical (unpaired) electrons. The van der Waals surface area contributed by atoms with Crippen molar-refractivity contribution in [3.63, 3.8) is 0 Å². The molecule has 1 aliphatic rings. The van der Waals surface area contributed by atoms with Crippen LogP contribution in [0.3, 0.4) is 0 Å². The first-order valence-electron chi connectivity index (χ1n) is 6.95. The van der Waals surface area contributed by atoms with Crippen molar-refractivity contribution in [1.29, 1.82) is 0 Å². The van der Waals surface area contributed by atoms with Crippen molar-refractivity contribution in [2.45, 2.75) is 25.3 Å². The van der Waals surface area contributed by atoms with Crippen LogP contribution in [0.15, 0.2) is 30.6 Å². The number of benzene rings is 1. The molecular formula is C15H15N3O3. The molecule has 0 N–H and O–H groups in total. The van der Waals surface area contributed by atoms with Gasteiger partial charge in [0.1, 0.15) is 6.29 Å². The molecular weight excluding hydrogens is 270 g/mol. The van der Waals surface area contributed by atoms with Gasteiger partial charge in [0.25, 0.3) is 5.69 Å². The molecule has 2 aromatic rings. The van der Waals surface area contributed by atoms with Crippen molar-refractivity contribution in [3.05, 3.63) is 40.7 Å². The molecule has 0 saturated carbocycles. The number of fused-ring (bicyclic) bond motifs is 1. The third-order valence-corrected chi connectivity index (χ3v) is 3.98. The Morgan fingerprint density at radius 2 is 2.14 bits per heavy atom. The molecule has 6 heteroatoms. The number of rotatable bonds is 3. The molecule has 0 spiro atoms. The molecule has 1 aromatic heterocycles. The fraction of sp³-hybridized carbons (Fsp3) is 0.333. The average molecular weight is 285 g/mol. The van der Waals surface area contributed by atoms with Gasteiger partial charge < -0.3 is 9.69 Å². The van der Waals surface area contributed by atoms with Gasteiger partial charge in [-0.25, -0.2) is 0 Å². The van der Waals surface area contributed by atoms with E-state index in [1.54, 1.807) is 24.5 Å². The van der Waals surface area contributed by atoms with Gasteiger partial charge in [0, 0.05) is 36.1 Å². The van der Waals surface area contributed by atoms with Crippen molar-refractivity contribution in [2.24, 2.45) is 0 Å². The van der Waals surface area contributed by atoms with Crippen molar-refractivity contribution in [1.82, 2.24) is 4.98 Å². The van der Waals surface area contributed by atoms with Crippen LogP contribution in [0.2, 0.25) is 0 Å². The molecule has 0 bridgehead atoms. The number of nitro groups is 1. The summed E-state index contributed by atoms with van der Waals surface area (Å²) in [6.45, 7) is 0.783. The zero-order valence-corrected chi connectivity index (χ0v) is 11.4. The van der Waals surface area contributed by atoms with E-state index in [1.165, 1.54) is 6.07 Å². The van der Waals surface area contributed by atoms with E-state index in [-0.39, 0.29) is 16.7 Å². The van der Waals surface area contributed by atoms with Crippen LogP contribution in [0, 0.1) is 10.1 Å². The molecule has 3 rings (SSSR count). The van der Waals surface area contributed by atoms with Gasteiger partial charge in [0.15, 0.2) is 0 Å². The lowest BCUT2D eigenvalue weighted by molar-refractivity contribution is -0.383. The first-order valence-corrected chi connectivity index (χ1v) is 6.95. The number of nitrogens with zero attached hydrogens (tertiary/aromatic N) is 3. The predicted molar refractivity (Wildman–Crippen MR) is 79.4 cm³/mol. The lowest BCUT2D eigenvalue weighted by atomic mass is 10.00. The van der Waals surface area contributed by atoms with Crippen molar-refractivity contribution in [2.75, 3.05) is 11.4 Å². The van der Waals surface area contributed by atoms with Crippen LogP contribution in [-0.2, 0) is 4.79 Å². The normalized spacial score (nSPS) is 18.7. The molecule has 1 saturated heterocycles. The fourth-order valence-electron chi connectivity index (χ4n) is 2.97. The van der Waals surface area contributed by atoms with E-state index < -0.39 is 0 Å². The molecule has 1 unspecified atom stereocenters. The van der Waals surface area contributed by atoms with Crippen LogP contribution in [0.25, 0.3) is 10.8 Å². The lowest BCUT2D eigenvalue weighted by Crippen LogP contribution is -2.40. The first-order chi connectivity index (χ1) is 10.2. The highest BCUT2D eigenvalue weighted by atomic mass is 16.6. The smallest absolute Gasteiger partial charge is 0.277 e. The monoisotopic (exact) mass is 285 g/mol. The Balaban J connectivity index is 2.17. The number of hydrogen-bond acceptors (Lipinski definition) is 5. The molecule has 2 heterocycles. The summed E-state index contributed by atoms with van der Waals surface area (Å²) in [6, 6.07) is 4.72. The Labute approximate surface area is 121 Å². The van der Waals surface area contributed by atoms with Crippen LogP contribution < -0.4 is 4.90 Å². The third-order valence-electron chi connectivity index (χ3n) is 3.98. The van der Waals surface area contributed by atoms with E-state index in [9.17, 15) is 14.9 Å². The summed E-state index contributed by atoms with van der Waals surface area (Å²) >= 11 is 0. The molecule has 21 heavy (non-hydrogen) atoms. The minimum Gasteiger partial charge on any atom is -0.361 e. The molecule has 108 valence electrons. The topological polar surface area (TPSA) is 76.3 Å². The number of non-ortho nitro benzene ring substituents is 1. The quantitative estimate of drug-likeness (QED) is 0.492. The van der Waals surface area contributed by atoms with Crippen LogP contribution in [0.5, 0.6) is 0 Å². The van der Waals surface area contributed by atoms with Gasteiger partial charge >= 0.3 is 0 Å². The maximum atomic E-state index is 11.3. The van der Waals surface area contributed by atoms with Crippen LogP contribution >= 0.6 is 0 Å². The van der Waals surface area contributed by atoms with Gasteiger partial charge in [0.2, 0.25) is 0 Å². The van der Waals surface area contributed by atoms with Crippen molar-refractivity contribution in [3.8, 4) is 0 Å². The minimum atomic E-state index is -0.389. The third kappa shape index (κ3) is 2.33. The number of anilines is 1. The number of piperidine rings is 1. The van der Waals surface area contributed by atoms with Gasteiger partial charge in [0.05, 0.1) is 16.4 Å². The Bertz CT molecular complexity index is 702. The predicted octanol–water partition coefficient (Wildman–Crippen LogP) is 2.70. The minimum absolute atomic E-state index is 0.0656. The number of nitro benzene ring substituents is 1. The van der Waals surface area contributed by atoms with Gasteiger partial charge in [-0.3, -0.25) is 15.1 Å². The molecule has 0 amide bonds.